The second-order valence-electron chi connectivity index (χ2n) is 4.68. The Kier molecular flexibility index (Phi) is 5.20. The van der Waals surface area contributed by atoms with Crippen molar-refractivity contribution in [3.63, 3.8) is 0 Å². The van der Waals surface area contributed by atoms with Crippen LogP contribution in [0.2, 0.25) is 0 Å². The number of anilines is 1. The van der Waals surface area contributed by atoms with Gasteiger partial charge in [-0.25, -0.2) is 0 Å². The lowest BCUT2D eigenvalue weighted by Crippen LogP contribution is -2.26. The van der Waals surface area contributed by atoms with E-state index in [0.717, 1.165) is 15.7 Å². The van der Waals surface area contributed by atoms with Gasteiger partial charge in [0.2, 0.25) is 5.91 Å². The highest BCUT2D eigenvalue weighted by molar-refractivity contribution is 9.10. The Balaban J connectivity index is 1.87. The molecule has 0 saturated carbocycles. The summed E-state index contributed by atoms with van der Waals surface area (Å²) in [5.41, 5.74) is 7.67. The smallest absolute Gasteiger partial charge is 0.222 e. The van der Waals surface area contributed by atoms with Crippen LogP contribution in [0.3, 0.4) is 0 Å². The zero-order valence-corrected chi connectivity index (χ0v) is 13.7. The van der Waals surface area contributed by atoms with E-state index in [-0.39, 0.29) is 5.91 Å². The van der Waals surface area contributed by atoms with Gasteiger partial charge in [0.05, 0.1) is 6.54 Å². The average Bonchev–Trinajstić information content (AvgIpc) is 2.82. The predicted octanol–water partition coefficient (Wildman–Crippen LogP) is 3.68. The van der Waals surface area contributed by atoms with Crippen molar-refractivity contribution in [2.24, 2.45) is 0 Å². The summed E-state index contributed by atoms with van der Waals surface area (Å²) < 4.78 is 1.07. The topological polar surface area (TPSA) is 46.3 Å². The molecule has 0 atom stereocenters. The molecule has 0 aliphatic heterocycles. The van der Waals surface area contributed by atoms with Crippen LogP contribution in [0.15, 0.2) is 40.2 Å². The summed E-state index contributed by atoms with van der Waals surface area (Å²) in [6, 6.07) is 9.74. The maximum Gasteiger partial charge on any atom is 0.222 e. The minimum Gasteiger partial charge on any atom is -0.399 e. The molecule has 1 aromatic carbocycles. The fourth-order valence-electron chi connectivity index (χ4n) is 1.95. The molecule has 1 aromatic heterocycles. The number of hydrogen-bond acceptors (Lipinski definition) is 3. The number of benzene rings is 1. The molecule has 2 N–H and O–H groups in total. The van der Waals surface area contributed by atoms with Gasteiger partial charge in [0.1, 0.15) is 0 Å². The van der Waals surface area contributed by atoms with Gasteiger partial charge in [-0.15, -0.1) is 11.3 Å². The van der Waals surface area contributed by atoms with Gasteiger partial charge < -0.3 is 10.6 Å². The van der Waals surface area contributed by atoms with E-state index in [2.05, 4.69) is 15.9 Å². The van der Waals surface area contributed by atoms with Crippen LogP contribution >= 0.6 is 27.3 Å². The second kappa shape index (κ2) is 6.90. The zero-order chi connectivity index (χ0) is 14.5. The first-order chi connectivity index (χ1) is 9.56. The summed E-state index contributed by atoms with van der Waals surface area (Å²) in [6.45, 7) is 0.652. The number of halogens is 1. The molecule has 0 bridgehead atoms. The number of hydrogen-bond donors (Lipinski definition) is 1. The van der Waals surface area contributed by atoms with Gasteiger partial charge in [-0.3, -0.25) is 4.79 Å². The maximum atomic E-state index is 12.1. The molecule has 0 radical (unpaired) electrons. The molecule has 106 valence electrons. The van der Waals surface area contributed by atoms with E-state index in [1.54, 1.807) is 16.2 Å². The number of nitrogens with two attached hydrogens (primary N) is 1. The molecular formula is C15H17BrN2OS. The largest absolute Gasteiger partial charge is 0.399 e. The molecule has 3 nitrogen and oxygen atoms in total. The molecule has 1 amide bonds. The monoisotopic (exact) mass is 352 g/mol. The van der Waals surface area contributed by atoms with Crippen LogP contribution in [0.4, 0.5) is 5.69 Å². The van der Waals surface area contributed by atoms with Crippen molar-refractivity contribution >= 4 is 38.9 Å². The molecule has 0 aliphatic rings. The molecule has 20 heavy (non-hydrogen) atoms. The van der Waals surface area contributed by atoms with Crippen LogP contribution in [0.5, 0.6) is 0 Å². The SMILES string of the molecule is CN(Cc1cc(Br)cs1)C(=O)CCc1ccccc1N. The Labute approximate surface area is 131 Å². The Hall–Kier alpha value is -1.33. The summed E-state index contributed by atoms with van der Waals surface area (Å²) in [4.78, 5) is 15.1. The lowest BCUT2D eigenvalue weighted by Gasteiger charge is -2.16. The van der Waals surface area contributed by atoms with Crippen LogP contribution in [-0.2, 0) is 17.8 Å². The minimum atomic E-state index is 0.137. The second-order valence-corrected chi connectivity index (χ2v) is 6.59. The number of carbonyl (C=O) groups is 1. The van der Waals surface area contributed by atoms with Gasteiger partial charge in [-0.1, -0.05) is 18.2 Å². The van der Waals surface area contributed by atoms with Crippen molar-refractivity contribution in [3.05, 3.63) is 50.6 Å². The third-order valence-corrected chi connectivity index (χ3v) is 4.79. The number of rotatable bonds is 5. The lowest BCUT2D eigenvalue weighted by atomic mass is 10.1. The fourth-order valence-corrected chi connectivity index (χ4v) is 3.46. The number of carbonyl (C=O) groups excluding carboxylic acids is 1. The molecule has 0 saturated heterocycles. The average molecular weight is 353 g/mol. The molecule has 1 heterocycles. The highest BCUT2D eigenvalue weighted by Crippen LogP contribution is 2.21. The van der Waals surface area contributed by atoms with Crippen LogP contribution in [0, 0.1) is 0 Å². The van der Waals surface area contributed by atoms with Crippen LogP contribution < -0.4 is 5.73 Å². The zero-order valence-electron chi connectivity index (χ0n) is 11.3. The standard InChI is InChI=1S/C15H17BrN2OS/c1-18(9-13-8-12(16)10-20-13)15(19)7-6-11-4-2-3-5-14(11)17/h2-5,8,10H,6-7,9,17H2,1H3. The summed E-state index contributed by atoms with van der Waals surface area (Å²) in [7, 11) is 1.84. The van der Waals surface area contributed by atoms with E-state index in [9.17, 15) is 4.79 Å². The van der Waals surface area contributed by atoms with Crippen molar-refractivity contribution < 1.29 is 4.79 Å². The van der Waals surface area contributed by atoms with E-state index >= 15 is 0 Å². The summed E-state index contributed by atoms with van der Waals surface area (Å²) in [5, 5.41) is 2.03. The quantitative estimate of drug-likeness (QED) is 0.834. The number of para-hydroxylation sites is 1. The first-order valence-electron chi connectivity index (χ1n) is 6.36. The number of thiophene rings is 1. The molecule has 0 fully saturated rings. The minimum absolute atomic E-state index is 0.137. The van der Waals surface area contributed by atoms with Gasteiger partial charge in [0.15, 0.2) is 0 Å². The molecule has 2 rings (SSSR count). The number of nitrogen functional groups attached to an aromatic ring is 1. The van der Waals surface area contributed by atoms with Gasteiger partial charge in [0.25, 0.3) is 0 Å². The molecular weight excluding hydrogens is 336 g/mol. The fraction of sp³-hybridized carbons (Fsp3) is 0.267. The Morgan fingerprint density at radius 1 is 1.40 bits per heavy atom. The van der Waals surface area contributed by atoms with Gasteiger partial charge in [0, 0.05) is 33.9 Å². The molecule has 2 aromatic rings. The normalized spacial score (nSPS) is 10.5. The number of nitrogens with zero attached hydrogens (tertiary/aromatic N) is 1. The van der Waals surface area contributed by atoms with E-state index in [1.807, 2.05) is 42.8 Å². The highest BCUT2D eigenvalue weighted by Gasteiger charge is 2.11. The Bertz CT molecular complexity index is 597. The van der Waals surface area contributed by atoms with Crippen molar-refractivity contribution in [1.29, 1.82) is 0 Å². The van der Waals surface area contributed by atoms with Gasteiger partial charge in [-0.05, 0) is 40.0 Å². The predicted molar refractivity (Wildman–Crippen MR) is 87.7 cm³/mol. The summed E-state index contributed by atoms with van der Waals surface area (Å²) in [5.74, 6) is 0.137. The van der Waals surface area contributed by atoms with Gasteiger partial charge >= 0.3 is 0 Å². The van der Waals surface area contributed by atoms with Crippen LogP contribution in [0.25, 0.3) is 0 Å². The van der Waals surface area contributed by atoms with E-state index in [0.29, 0.717) is 19.4 Å². The van der Waals surface area contributed by atoms with Crippen molar-refractivity contribution in [1.82, 2.24) is 4.90 Å². The molecule has 5 heteroatoms. The maximum absolute atomic E-state index is 12.1. The molecule has 0 spiro atoms. The highest BCUT2D eigenvalue weighted by atomic mass is 79.9. The Morgan fingerprint density at radius 2 is 2.15 bits per heavy atom. The van der Waals surface area contributed by atoms with Gasteiger partial charge in [-0.2, -0.15) is 0 Å². The third kappa shape index (κ3) is 4.08. The first kappa shape index (κ1) is 15.1. The summed E-state index contributed by atoms with van der Waals surface area (Å²) in [6.07, 6.45) is 1.17. The van der Waals surface area contributed by atoms with Crippen molar-refractivity contribution in [3.8, 4) is 0 Å². The number of amides is 1. The van der Waals surface area contributed by atoms with Crippen LogP contribution in [-0.4, -0.2) is 17.9 Å². The van der Waals surface area contributed by atoms with Crippen molar-refractivity contribution in [2.75, 3.05) is 12.8 Å². The van der Waals surface area contributed by atoms with E-state index in [4.69, 9.17) is 5.73 Å². The third-order valence-electron chi connectivity index (χ3n) is 3.10. The Morgan fingerprint density at radius 3 is 2.80 bits per heavy atom. The van der Waals surface area contributed by atoms with Crippen LogP contribution in [0.1, 0.15) is 16.9 Å². The summed E-state index contributed by atoms with van der Waals surface area (Å²) >= 11 is 5.07. The first-order valence-corrected chi connectivity index (χ1v) is 8.04. The molecule has 0 unspecified atom stereocenters. The molecule has 0 aliphatic carbocycles. The lowest BCUT2D eigenvalue weighted by molar-refractivity contribution is -0.130. The number of aryl methyl sites for hydroxylation is 1. The van der Waals surface area contributed by atoms with Crippen molar-refractivity contribution in [2.45, 2.75) is 19.4 Å². The van der Waals surface area contributed by atoms with E-state index in [1.165, 1.54) is 4.88 Å². The van der Waals surface area contributed by atoms with E-state index < -0.39 is 0 Å².